The summed E-state index contributed by atoms with van der Waals surface area (Å²) < 4.78 is 7.54. The Balaban J connectivity index is 1.76. The van der Waals surface area contributed by atoms with Crippen LogP contribution < -0.4 is 15.4 Å². The predicted molar refractivity (Wildman–Crippen MR) is 125 cm³/mol. The van der Waals surface area contributed by atoms with Crippen LogP contribution in [0.4, 0.5) is 0 Å². The van der Waals surface area contributed by atoms with Gasteiger partial charge in [-0.15, -0.1) is 0 Å². The van der Waals surface area contributed by atoms with E-state index in [1.165, 1.54) is 4.90 Å². The number of nitrogens with one attached hydrogen (secondary N) is 2. The molecule has 0 spiro atoms. The number of ether oxygens (including phenoxy) is 1. The minimum atomic E-state index is -0.340. The molecule has 0 bridgehead atoms. The zero-order valence-corrected chi connectivity index (χ0v) is 19.9. The summed E-state index contributed by atoms with van der Waals surface area (Å²) in [6.45, 7) is 7.15. The Morgan fingerprint density at radius 1 is 1.27 bits per heavy atom. The molecule has 1 aromatic heterocycles. The SMILES string of the molecule is CCn1nc(C(=O)N2CCCCNC(=O)c3cc(Cl)ccc3OC[C@H](C)NC(=O)C2)cc1C. The van der Waals surface area contributed by atoms with E-state index in [2.05, 4.69) is 15.7 Å². The molecule has 1 aliphatic heterocycles. The predicted octanol–water partition coefficient (Wildman–Crippen LogP) is 2.41. The minimum absolute atomic E-state index is 0.0836. The first-order valence-corrected chi connectivity index (χ1v) is 11.5. The third kappa shape index (κ3) is 6.47. The number of fused-ring (bicyclic) bond motifs is 1. The molecule has 3 rings (SSSR count). The first-order valence-electron chi connectivity index (χ1n) is 11.1. The van der Waals surface area contributed by atoms with Crippen LogP contribution in [0.15, 0.2) is 24.3 Å². The molecule has 9 nitrogen and oxygen atoms in total. The molecule has 0 radical (unpaired) electrons. The van der Waals surface area contributed by atoms with Crippen LogP contribution in [0.3, 0.4) is 0 Å². The van der Waals surface area contributed by atoms with Gasteiger partial charge < -0.3 is 20.3 Å². The van der Waals surface area contributed by atoms with Crippen LogP contribution in [0, 0.1) is 6.92 Å². The van der Waals surface area contributed by atoms with Gasteiger partial charge in [0.15, 0.2) is 5.69 Å². The van der Waals surface area contributed by atoms with Crippen LogP contribution in [0.1, 0.15) is 53.2 Å². The third-order valence-corrected chi connectivity index (χ3v) is 5.58. The van der Waals surface area contributed by atoms with Crippen molar-refractivity contribution in [2.75, 3.05) is 26.2 Å². The lowest BCUT2D eigenvalue weighted by Gasteiger charge is -2.23. The quantitative estimate of drug-likeness (QED) is 0.693. The van der Waals surface area contributed by atoms with Crippen molar-refractivity contribution in [3.63, 3.8) is 0 Å². The molecular formula is C23H30ClN5O4. The number of hydrogen-bond acceptors (Lipinski definition) is 5. The van der Waals surface area contributed by atoms with Crippen molar-refractivity contribution in [2.24, 2.45) is 0 Å². The highest BCUT2D eigenvalue weighted by molar-refractivity contribution is 6.31. The number of aryl methyl sites for hydroxylation is 2. The lowest BCUT2D eigenvalue weighted by atomic mass is 10.1. The first-order chi connectivity index (χ1) is 15.8. The number of carbonyl (C=O) groups excluding carboxylic acids is 3. The van der Waals surface area contributed by atoms with Gasteiger partial charge in [-0.3, -0.25) is 19.1 Å². The van der Waals surface area contributed by atoms with Gasteiger partial charge in [0.25, 0.3) is 11.8 Å². The number of aromatic nitrogens is 2. The van der Waals surface area contributed by atoms with E-state index in [9.17, 15) is 14.4 Å². The van der Waals surface area contributed by atoms with Crippen molar-refractivity contribution in [1.82, 2.24) is 25.3 Å². The maximum absolute atomic E-state index is 13.1. The first kappa shape index (κ1) is 24.6. The largest absolute Gasteiger partial charge is 0.491 e. The second-order valence-corrected chi connectivity index (χ2v) is 8.53. The van der Waals surface area contributed by atoms with Gasteiger partial charge in [0.05, 0.1) is 18.2 Å². The van der Waals surface area contributed by atoms with Crippen LogP contribution in [0.2, 0.25) is 5.02 Å². The number of amides is 3. The van der Waals surface area contributed by atoms with Crippen molar-refractivity contribution in [1.29, 1.82) is 0 Å². The lowest BCUT2D eigenvalue weighted by molar-refractivity contribution is -0.122. The molecule has 178 valence electrons. The van der Waals surface area contributed by atoms with Gasteiger partial charge in [0, 0.05) is 30.4 Å². The monoisotopic (exact) mass is 475 g/mol. The zero-order chi connectivity index (χ0) is 24.0. The van der Waals surface area contributed by atoms with E-state index in [0.29, 0.717) is 54.5 Å². The van der Waals surface area contributed by atoms with Gasteiger partial charge >= 0.3 is 0 Å². The van der Waals surface area contributed by atoms with E-state index in [4.69, 9.17) is 16.3 Å². The van der Waals surface area contributed by atoms with Gasteiger partial charge in [0.2, 0.25) is 5.91 Å². The van der Waals surface area contributed by atoms with Crippen molar-refractivity contribution < 1.29 is 19.1 Å². The fourth-order valence-corrected chi connectivity index (χ4v) is 3.80. The minimum Gasteiger partial charge on any atom is -0.491 e. The zero-order valence-electron chi connectivity index (χ0n) is 19.2. The maximum atomic E-state index is 13.1. The van der Waals surface area contributed by atoms with Gasteiger partial charge in [-0.05, 0) is 57.9 Å². The molecular weight excluding hydrogens is 446 g/mol. The third-order valence-electron chi connectivity index (χ3n) is 5.34. The van der Waals surface area contributed by atoms with E-state index in [1.54, 1.807) is 35.9 Å². The van der Waals surface area contributed by atoms with Crippen molar-refractivity contribution in [3.05, 3.63) is 46.2 Å². The molecule has 2 aromatic rings. The summed E-state index contributed by atoms with van der Waals surface area (Å²) >= 11 is 6.06. The van der Waals surface area contributed by atoms with Crippen LogP contribution >= 0.6 is 11.6 Å². The van der Waals surface area contributed by atoms with E-state index >= 15 is 0 Å². The van der Waals surface area contributed by atoms with Crippen LogP contribution in [0.25, 0.3) is 0 Å². The van der Waals surface area contributed by atoms with Crippen LogP contribution in [-0.4, -0.2) is 64.7 Å². The normalized spacial score (nSPS) is 18.3. The van der Waals surface area contributed by atoms with Gasteiger partial charge in [-0.2, -0.15) is 5.10 Å². The van der Waals surface area contributed by atoms with Gasteiger partial charge in [-0.25, -0.2) is 0 Å². The van der Waals surface area contributed by atoms with Crippen LogP contribution in [-0.2, 0) is 11.3 Å². The highest BCUT2D eigenvalue weighted by Gasteiger charge is 2.23. The van der Waals surface area contributed by atoms with E-state index in [1.807, 2.05) is 13.8 Å². The summed E-state index contributed by atoms with van der Waals surface area (Å²) in [6, 6.07) is 6.24. The molecule has 3 amide bonds. The standard InChI is InChI=1S/C23H30ClN5O4/c1-4-29-16(3)11-19(27-29)23(32)28-10-6-5-9-25-22(31)18-12-17(24)7-8-20(18)33-14-15(2)26-21(30)13-28/h7-8,11-12,15H,4-6,9-10,13-14H2,1-3H3,(H,25,31)(H,26,30)/t15-/m0/s1. The summed E-state index contributed by atoms with van der Waals surface area (Å²) in [5, 5.41) is 10.5. The smallest absolute Gasteiger partial charge is 0.274 e. The van der Waals surface area contributed by atoms with Crippen LogP contribution in [0.5, 0.6) is 5.75 Å². The Morgan fingerprint density at radius 2 is 2.06 bits per heavy atom. The topological polar surface area (TPSA) is 106 Å². The van der Waals surface area contributed by atoms with E-state index in [-0.39, 0.29) is 36.9 Å². The molecule has 33 heavy (non-hydrogen) atoms. The van der Waals surface area contributed by atoms with Crippen molar-refractivity contribution >= 4 is 29.3 Å². The fraction of sp³-hybridized carbons (Fsp3) is 0.478. The molecule has 0 fully saturated rings. The average molecular weight is 476 g/mol. The molecule has 10 heteroatoms. The Hall–Kier alpha value is -3.07. The second kappa shape index (κ2) is 11.2. The Bertz CT molecular complexity index is 1020. The summed E-state index contributed by atoms with van der Waals surface area (Å²) in [5.41, 5.74) is 1.54. The van der Waals surface area contributed by atoms with Gasteiger partial charge in [-0.1, -0.05) is 11.6 Å². The molecule has 0 unspecified atom stereocenters. The fourth-order valence-electron chi connectivity index (χ4n) is 3.63. The average Bonchev–Trinajstić information content (AvgIpc) is 3.16. The Morgan fingerprint density at radius 3 is 2.79 bits per heavy atom. The van der Waals surface area contributed by atoms with Gasteiger partial charge in [0.1, 0.15) is 12.4 Å². The summed E-state index contributed by atoms with van der Waals surface area (Å²) in [7, 11) is 0. The molecule has 0 saturated carbocycles. The number of nitrogens with zero attached hydrogens (tertiary/aromatic N) is 3. The van der Waals surface area contributed by atoms with E-state index in [0.717, 1.165) is 5.69 Å². The number of halogens is 1. The number of carbonyl (C=O) groups is 3. The molecule has 1 atom stereocenters. The Kier molecular flexibility index (Phi) is 8.32. The van der Waals surface area contributed by atoms with Crippen molar-refractivity contribution in [3.8, 4) is 5.75 Å². The number of rotatable bonds is 2. The summed E-state index contributed by atoms with van der Waals surface area (Å²) in [5.74, 6) is -0.467. The molecule has 2 N–H and O–H groups in total. The molecule has 0 saturated heterocycles. The number of benzene rings is 1. The maximum Gasteiger partial charge on any atom is 0.274 e. The Labute approximate surface area is 198 Å². The summed E-state index contributed by atoms with van der Waals surface area (Å²) in [4.78, 5) is 39.9. The lowest BCUT2D eigenvalue weighted by Crippen LogP contribution is -2.45. The molecule has 1 aliphatic rings. The highest BCUT2D eigenvalue weighted by Crippen LogP contribution is 2.23. The molecule has 1 aromatic carbocycles. The van der Waals surface area contributed by atoms with E-state index < -0.39 is 0 Å². The second-order valence-electron chi connectivity index (χ2n) is 8.10. The molecule has 0 aliphatic carbocycles. The summed E-state index contributed by atoms with van der Waals surface area (Å²) in [6.07, 6.45) is 1.24. The highest BCUT2D eigenvalue weighted by atomic mass is 35.5. The van der Waals surface area contributed by atoms with Crippen molar-refractivity contribution in [2.45, 2.75) is 46.2 Å². The molecule has 2 heterocycles. The number of hydrogen-bond donors (Lipinski definition) is 2.